The van der Waals surface area contributed by atoms with Crippen LogP contribution in [0.3, 0.4) is 0 Å². The molecule has 0 radical (unpaired) electrons. The second kappa shape index (κ2) is 3.45. The van der Waals surface area contributed by atoms with Crippen LogP contribution < -0.4 is 0 Å². The number of hydrogen-bond donors (Lipinski definition) is 0. The van der Waals surface area contributed by atoms with Crippen LogP contribution in [0.1, 0.15) is 39.0 Å². The van der Waals surface area contributed by atoms with Gasteiger partial charge in [0.05, 0.1) is 6.10 Å². The Morgan fingerprint density at radius 3 is 2.85 bits per heavy atom. The maximum absolute atomic E-state index is 5.86. The first-order valence-corrected chi connectivity index (χ1v) is 5.58. The minimum absolute atomic E-state index is 0.370. The van der Waals surface area contributed by atoms with E-state index in [1.807, 2.05) is 0 Å². The lowest BCUT2D eigenvalue weighted by molar-refractivity contribution is -0.0213. The summed E-state index contributed by atoms with van der Waals surface area (Å²) in [6, 6.07) is 0. The molecule has 0 bridgehead atoms. The Bertz CT molecular complexity index is 193. The first kappa shape index (κ1) is 9.26. The molecule has 0 N–H and O–H groups in total. The van der Waals surface area contributed by atoms with Gasteiger partial charge < -0.3 is 4.74 Å². The second-order valence-electron chi connectivity index (χ2n) is 4.48. The van der Waals surface area contributed by atoms with Gasteiger partial charge >= 0.3 is 0 Å². The predicted molar refractivity (Wildman–Crippen MR) is 54.6 cm³/mol. The van der Waals surface area contributed by atoms with E-state index in [0.29, 0.717) is 11.5 Å². The molecule has 0 spiro atoms. The Morgan fingerprint density at radius 1 is 1.54 bits per heavy atom. The van der Waals surface area contributed by atoms with E-state index < -0.39 is 0 Å². The van der Waals surface area contributed by atoms with Gasteiger partial charge in [-0.15, -0.1) is 6.58 Å². The van der Waals surface area contributed by atoms with Gasteiger partial charge in [0.2, 0.25) is 0 Å². The standard InChI is InChI=1S/C12H20O/c1-3-10-9-12(10,4-2)11-7-5-6-8-13-11/h4,10-11H,2-3,5-9H2,1H3/t10-,11?,12-/m0/s1. The Balaban J connectivity index is 2.00. The normalized spacial score (nSPS) is 44.4. The molecule has 2 aliphatic rings. The Kier molecular flexibility index (Phi) is 2.46. The van der Waals surface area contributed by atoms with Crippen molar-refractivity contribution in [2.24, 2.45) is 11.3 Å². The zero-order valence-corrected chi connectivity index (χ0v) is 8.59. The fourth-order valence-corrected chi connectivity index (χ4v) is 2.83. The predicted octanol–water partition coefficient (Wildman–Crippen LogP) is 3.16. The minimum atomic E-state index is 0.370. The Labute approximate surface area is 81.2 Å². The molecule has 3 atom stereocenters. The summed E-state index contributed by atoms with van der Waals surface area (Å²) < 4.78 is 5.86. The molecule has 0 aromatic heterocycles. The highest BCUT2D eigenvalue weighted by Gasteiger charge is 2.56. The van der Waals surface area contributed by atoms with Crippen molar-refractivity contribution in [2.75, 3.05) is 6.61 Å². The summed E-state index contributed by atoms with van der Waals surface area (Å²) in [5.41, 5.74) is 0.370. The summed E-state index contributed by atoms with van der Waals surface area (Å²) >= 11 is 0. The van der Waals surface area contributed by atoms with Gasteiger partial charge in [-0.25, -0.2) is 0 Å². The molecule has 0 amide bonds. The zero-order chi connectivity index (χ0) is 9.31. The van der Waals surface area contributed by atoms with Crippen molar-refractivity contribution >= 4 is 0 Å². The van der Waals surface area contributed by atoms with Gasteiger partial charge in [0.15, 0.2) is 0 Å². The second-order valence-corrected chi connectivity index (χ2v) is 4.48. The fourth-order valence-electron chi connectivity index (χ4n) is 2.83. The molecule has 1 aliphatic carbocycles. The fraction of sp³-hybridized carbons (Fsp3) is 0.833. The number of hydrogen-bond acceptors (Lipinski definition) is 1. The van der Waals surface area contributed by atoms with E-state index in [1.54, 1.807) is 0 Å². The smallest absolute Gasteiger partial charge is 0.0668 e. The molecule has 1 heterocycles. The highest BCUT2D eigenvalue weighted by molar-refractivity contribution is 5.16. The third-order valence-electron chi connectivity index (χ3n) is 3.85. The van der Waals surface area contributed by atoms with E-state index in [-0.39, 0.29) is 0 Å². The van der Waals surface area contributed by atoms with E-state index in [2.05, 4.69) is 19.6 Å². The molecule has 74 valence electrons. The number of ether oxygens (including phenoxy) is 1. The van der Waals surface area contributed by atoms with Gasteiger partial charge in [-0.2, -0.15) is 0 Å². The molecule has 1 nitrogen and oxygen atoms in total. The molecular formula is C12H20O. The molecule has 1 heteroatoms. The van der Waals surface area contributed by atoms with Crippen LogP contribution in [0.4, 0.5) is 0 Å². The van der Waals surface area contributed by atoms with E-state index in [0.717, 1.165) is 12.5 Å². The van der Waals surface area contributed by atoms with Crippen molar-refractivity contribution in [1.82, 2.24) is 0 Å². The average Bonchev–Trinajstić information content (AvgIpc) is 2.94. The van der Waals surface area contributed by atoms with Gasteiger partial charge in [-0.1, -0.05) is 19.4 Å². The summed E-state index contributed by atoms with van der Waals surface area (Å²) in [6.45, 7) is 7.23. The molecule has 1 unspecified atom stereocenters. The highest BCUT2D eigenvalue weighted by Crippen LogP contribution is 2.60. The van der Waals surface area contributed by atoms with E-state index in [4.69, 9.17) is 4.74 Å². The van der Waals surface area contributed by atoms with Gasteiger partial charge in [0.25, 0.3) is 0 Å². The van der Waals surface area contributed by atoms with E-state index >= 15 is 0 Å². The lowest BCUT2D eigenvalue weighted by atomic mass is 9.90. The molecule has 1 aliphatic heterocycles. The zero-order valence-electron chi connectivity index (χ0n) is 8.59. The maximum Gasteiger partial charge on any atom is 0.0668 e. The first-order chi connectivity index (χ1) is 6.33. The van der Waals surface area contributed by atoms with Crippen LogP contribution in [0.25, 0.3) is 0 Å². The van der Waals surface area contributed by atoms with Crippen molar-refractivity contribution in [3.05, 3.63) is 12.7 Å². The maximum atomic E-state index is 5.86. The van der Waals surface area contributed by atoms with Crippen molar-refractivity contribution in [1.29, 1.82) is 0 Å². The summed E-state index contributed by atoms with van der Waals surface area (Å²) in [7, 11) is 0. The molecule has 0 aromatic rings. The third kappa shape index (κ3) is 1.43. The SMILES string of the molecule is C=C[C@]1(C2CCCCO2)C[C@@H]1CC. The average molecular weight is 180 g/mol. The summed E-state index contributed by atoms with van der Waals surface area (Å²) in [5, 5.41) is 0. The monoisotopic (exact) mass is 180 g/mol. The molecular weight excluding hydrogens is 160 g/mol. The lowest BCUT2D eigenvalue weighted by Crippen LogP contribution is -2.29. The van der Waals surface area contributed by atoms with Gasteiger partial charge in [0.1, 0.15) is 0 Å². The van der Waals surface area contributed by atoms with Gasteiger partial charge in [-0.05, 0) is 31.6 Å². The molecule has 13 heavy (non-hydrogen) atoms. The van der Waals surface area contributed by atoms with E-state index in [9.17, 15) is 0 Å². The summed E-state index contributed by atoms with van der Waals surface area (Å²) in [4.78, 5) is 0. The van der Waals surface area contributed by atoms with Crippen LogP contribution in [-0.2, 0) is 4.74 Å². The largest absolute Gasteiger partial charge is 0.377 e. The van der Waals surface area contributed by atoms with Crippen LogP contribution in [0.5, 0.6) is 0 Å². The van der Waals surface area contributed by atoms with Crippen LogP contribution in [0.2, 0.25) is 0 Å². The van der Waals surface area contributed by atoms with Crippen molar-refractivity contribution in [2.45, 2.75) is 45.1 Å². The van der Waals surface area contributed by atoms with Crippen molar-refractivity contribution < 1.29 is 4.74 Å². The Morgan fingerprint density at radius 2 is 2.38 bits per heavy atom. The molecule has 0 aromatic carbocycles. The van der Waals surface area contributed by atoms with Gasteiger partial charge in [0, 0.05) is 12.0 Å². The minimum Gasteiger partial charge on any atom is -0.377 e. The third-order valence-corrected chi connectivity index (χ3v) is 3.85. The van der Waals surface area contributed by atoms with Crippen molar-refractivity contribution in [3.63, 3.8) is 0 Å². The van der Waals surface area contributed by atoms with E-state index in [1.165, 1.54) is 32.1 Å². The lowest BCUT2D eigenvalue weighted by Gasteiger charge is -2.29. The summed E-state index contributed by atoms with van der Waals surface area (Å²) in [6.07, 6.45) is 9.10. The van der Waals surface area contributed by atoms with Crippen LogP contribution in [0, 0.1) is 11.3 Å². The summed E-state index contributed by atoms with van der Waals surface area (Å²) in [5.74, 6) is 0.855. The molecule has 2 fully saturated rings. The number of rotatable bonds is 3. The molecule has 2 rings (SSSR count). The van der Waals surface area contributed by atoms with Gasteiger partial charge in [-0.3, -0.25) is 0 Å². The van der Waals surface area contributed by atoms with Crippen LogP contribution >= 0.6 is 0 Å². The quantitative estimate of drug-likeness (QED) is 0.606. The highest BCUT2D eigenvalue weighted by atomic mass is 16.5. The Hall–Kier alpha value is -0.300. The topological polar surface area (TPSA) is 9.23 Å². The van der Waals surface area contributed by atoms with Crippen LogP contribution in [0.15, 0.2) is 12.7 Å². The molecule has 1 saturated carbocycles. The molecule has 1 saturated heterocycles. The first-order valence-electron chi connectivity index (χ1n) is 5.58. The van der Waals surface area contributed by atoms with Crippen LogP contribution in [-0.4, -0.2) is 12.7 Å². The van der Waals surface area contributed by atoms with Crippen molar-refractivity contribution in [3.8, 4) is 0 Å².